The highest BCUT2D eigenvalue weighted by molar-refractivity contribution is 5.93. The summed E-state index contributed by atoms with van der Waals surface area (Å²) in [5.41, 5.74) is -0.472. The van der Waals surface area contributed by atoms with Gasteiger partial charge in [-0.15, -0.1) is 0 Å². The van der Waals surface area contributed by atoms with Crippen LogP contribution in [0.3, 0.4) is 0 Å². The minimum Gasteiger partial charge on any atom is -0.458 e. The number of aliphatic hydroxyl groups excluding tert-OH is 1. The molecule has 4 aliphatic carbocycles. The lowest BCUT2D eigenvalue weighted by atomic mass is 9.46. The molecule has 4 rings (SSSR count). The Kier molecular flexibility index (Phi) is 4.90. The van der Waals surface area contributed by atoms with Crippen molar-refractivity contribution in [2.45, 2.75) is 71.5 Å². The smallest absolute Gasteiger partial charge is 0.303 e. The molecule has 7 atom stereocenters. The fraction of sp³-hybridized carbons (Fsp3) is 0.708. The van der Waals surface area contributed by atoms with Gasteiger partial charge in [-0.05, 0) is 50.5 Å². The molecule has 2 N–H and O–H groups in total. The summed E-state index contributed by atoms with van der Waals surface area (Å²) in [7, 11) is 0. The summed E-state index contributed by atoms with van der Waals surface area (Å²) in [6, 6.07) is 0. The number of aliphatic hydroxyl groups is 2. The maximum absolute atomic E-state index is 12.9. The molecule has 0 aliphatic heterocycles. The SMILES string of the molecule is CC(=O)OCC(=O)[C@@]1(O)CCC2C3CC(C)=C4CC(=O)C=CC4(C)C3C(O)CC21C. The molecule has 0 aromatic rings. The van der Waals surface area contributed by atoms with E-state index >= 15 is 0 Å². The van der Waals surface area contributed by atoms with E-state index in [0.717, 1.165) is 12.0 Å². The Morgan fingerprint density at radius 3 is 2.67 bits per heavy atom. The predicted octanol–water partition coefficient (Wildman–Crippen LogP) is 2.52. The van der Waals surface area contributed by atoms with Crippen molar-refractivity contribution in [3.05, 3.63) is 23.3 Å². The van der Waals surface area contributed by atoms with Crippen LogP contribution in [0.5, 0.6) is 0 Å². The lowest BCUT2D eigenvalue weighted by Crippen LogP contribution is -2.61. The molecular formula is C24H32O6. The van der Waals surface area contributed by atoms with Crippen molar-refractivity contribution in [2.24, 2.45) is 28.6 Å². The summed E-state index contributed by atoms with van der Waals surface area (Å²) >= 11 is 0. The number of allylic oxidation sites excluding steroid dienone is 4. The third kappa shape index (κ3) is 2.79. The zero-order chi connectivity index (χ0) is 22.1. The van der Waals surface area contributed by atoms with Crippen LogP contribution in [0.25, 0.3) is 0 Å². The predicted molar refractivity (Wildman–Crippen MR) is 109 cm³/mol. The Bertz CT molecular complexity index is 871. The van der Waals surface area contributed by atoms with Gasteiger partial charge >= 0.3 is 5.97 Å². The third-order valence-corrected chi connectivity index (χ3v) is 8.84. The molecule has 0 aromatic carbocycles. The van der Waals surface area contributed by atoms with Gasteiger partial charge in [0.25, 0.3) is 0 Å². The highest BCUT2D eigenvalue weighted by Crippen LogP contribution is 2.67. The van der Waals surface area contributed by atoms with Crippen molar-refractivity contribution in [1.82, 2.24) is 0 Å². The Hall–Kier alpha value is -1.79. The number of Topliss-reactive ketones (excluding diaryl/α,β-unsaturated/α-hetero) is 1. The maximum atomic E-state index is 12.9. The van der Waals surface area contributed by atoms with Gasteiger partial charge in [0.2, 0.25) is 5.78 Å². The van der Waals surface area contributed by atoms with E-state index in [0.29, 0.717) is 25.7 Å². The van der Waals surface area contributed by atoms with Crippen LogP contribution >= 0.6 is 0 Å². The molecule has 2 saturated carbocycles. The molecule has 0 spiro atoms. The van der Waals surface area contributed by atoms with Crippen LogP contribution in [0.2, 0.25) is 0 Å². The summed E-state index contributed by atoms with van der Waals surface area (Å²) in [5.74, 6) is -0.808. The summed E-state index contributed by atoms with van der Waals surface area (Å²) in [6.07, 6.45) is 5.39. The number of hydrogen-bond acceptors (Lipinski definition) is 6. The Morgan fingerprint density at radius 1 is 1.30 bits per heavy atom. The number of carbonyl (C=O) groups excluding carboxylic acids is 3. The summed E-state index contributed by atoms with van der Waals surface area (Å²) in [6.45, 7) is 6.90. The average molecular weight is 417 g/mol. The van der Waals surface area contributed by atoms with Crippen LogP contribution in [0.15, 0.2) is 23.3 Å². The monoisotopic (exact) mass is 416 g/mol. The molecule has 4 aliphatic rings. The first-order valence-electron chi connectivity index (χ1n) is 10.9. The first-order chi connectivity index (χ1) is 13.9. The summed E-state index contributed by atoms with van der Waals surface area (Å²) in [4.78, 5) is 36.2. The lowest BCUT2D eigenvalue weighted by Gasteiger charge is -2.59. The molecule has 0 saturated heterocycles. The first kappa shape index (κ1) is 21.4. The van der Waals surface area contributed by atoms with E-state index in [2.05, 4.69) is 13.8 Å². The Balaban J connectivity index is 1.71. The van der Waals surface area contributed by atoms with E-state index in [4.69, 9.17) is 4.74 Å². The number of hydrogen-bond donors (Lipinski definition) is 2. The lowest BCUT2D eigenvalue weighted by molar-refractivity contribution is -0.179. The topological polar surface area (TPSA) is 101 Å². The second-order valence-corrected chi connectivity index (χ2v) is 10.3. The van der Waals surface area contributed by atoms with Gasteiger partial charge in [0.15, 0.2) is 12.4 Å². The number of fused-ring (bicyclic) bond motifs is 5. The van der Waals surface area contributed by atoms with E-state index < -0.39 is 35.5 Å². The van der Waals surface area contributed by atoms with Gasteiger partial charge < -0.3 is 14.9 Å². The van der Waals surface area contributed by atoms with Gasteiger partial charge in [-0.2, -0.15) is 0 Å². The Morgan fingerprint density at radius 2 is 2.00 bits per heavy atom. The van der Waals surface area contributed by atoms with Crippen LogP contribution < -0.4 is 0 Å². The van der Waals surface area contributed by atoms with Gasteiger partial charge in [0.05, 0.1) is 6.10 Å². The second kappa shape index (κ2) is 6.86. The quantitative estimate of drug-likeness (QED) is 0.542. The van der Waals surface area contributed by atoms with Crippen LogP contribution in [0.4, 0.5) is 0 Å². The summed E-state index contributed by atoms with van der Waals surface area (Å²) in [5, 5.41) is 22.9. The fourth-order valence-corrected chi connectivity index (χ4v) is 7.43. The molecule has 2 fully saturated rings. The van der Waals surface area contributed by atoms with E-state index in [1.54, 1.807) is 6.08 Å². The van der Waals surface area contributed by atoms with E-state index in [-0.39, 0.29) is 29.0 Å². The maximum Gasteiger partial charge on any atom is 0.303 e. The highest BCUT2D eigenvalue weighted by Gasteiger charge is 2.68. The Labute approximate surface area is 177 Å². The molecule has 0 heterocycles. The van der Waals surface area contributed by atoms with Crippen molar-refractivity contribution < 1.29 is 29.3 Å². The zero-order valence-corrected chi connectivity index (χ0v) is 18.2. The van der Waals surface area contributed by atoms with Gasteiger partial charge in [-0.1, -0.05) is 31.1 Å². The van der Waals surface area contributed by atoms with E-state index in [1.807, 2.05) is 13.0 Å². The van der Waals surface area contributed by atoms with Crippen molar-refractivity contribution in [2.75, 3.05) is 6.61 Å². The van der Waals surface area contributed by atoms with Crippen LogP contribution in [-0.2, 0) is 19.1 Å². The van der Waals surface area contributed by atoms with Crippen molar-refractivity contribution in [3.63, 3.8) is 0 Å². The minimum absolute atomic E-state index is 0.0513. The van der Waals surface area contributed by atoms with Crippen LogP contribution in [-0.4, -0.2) is 46.1 Å². The van der Waals surface area contributed by atoms with Gasteiger partial charge in [0.1, 0.15) is 5.60 Å². The van der Waals surface area contributed by atoms with Crippen molar-refractivity contribution in [1.29, 1.82) is 0 Å². The summed E-state index contributed by atoms with van der Waals surface area (Å²) < 4.78 is 4.89. The largest absolute Gasteiger partial charge is 0.458 e. The molecule has 30 heavy (non-hydrogen) atoms. The first-order valence-corrected chi connectivity index (χ1v) is 10.9. The van der Waals surface area contributed by atoms with Crippen molar-refractivity contribution in [3.8, 4) is 0 Å². The second-order valence-electron chi connectivity index (χ2n) is 10.3. The minimum atomic E-state index is -1.61. The number of ether oxygens (including phenoxy) is 1. The van der Waals surface area contributed by atoms with Crippen LogP contribution in [0, 0.1) is 28.6 Å². The zero-order valence-electron chi connectivity index (χ0n) is 18.2. The molecule has 6 heteroatoms. The molecule has 0 aromatic heterocycles. The van der Waals surface area contributed by atoms with E-state index in [1.165, 1.54) is 12.5 Å². The fourth-order valence-electron chi connectivity index (χ4n) is 7.43. The number of carbonyl (C=O) groups is 3. The molecule has 0 bridgehead atoms. The molecule has 164 valence electrons. The number of ketones is 2. The molecule has 6 nitrogen and oxygen atoms in total. The molecule has 0 radical (unpaired) electrons. The van der Waals surface area contributed by atoms with E-state index in [9.17, 15) is 24.6 Å². The standard InChI is InChI=1S/C24H32O6/c1-13-9-16-17-6-8-24(29,20(28)12-30-14(2)25)23(17,4)11-19(27)21(16)22(3)7-5-15(26)10-18(13)22/h5,7,16-17,19,21,27,29H,6,8-12H2,1-4H3/t16?,17?,19?,21?,22?,23?,24-/m0/s1. The number of esters is 1. The molecule has 0 amide bonds. The highest BCUT2D eigenvalue weighted by atomic mass is 16.5. The van der Waals surface area contributed by atoms with Crippen LogP contribution in [0.1, 0.15) is 59.8 Å². The van der Waals surface area contributed by atoms with Gasteiger partial charge in [-0.3, -0.25) is 14.4 Å². The van der Waals surface area contributed by atoms with Gasteiger partial charge in [0, 0.05) is 30.1 Å². The molecule has 6 unspecified atom stereocenters. The average Bonchev–Trinajstić information content (AvgIpc) is 2.93. The van der Waals surface area contributed by atoms with Crippen molar-refractivity contribution >= 4 is 17.5 Å². The third-order valence-electron chi connectivity index (χ3n) is 8.84. The molecular weight excluding hydrogens is 384 g/mol. The number of rotatable bonds is 3. The normalized spacial score (nSPS) is 44.9. The van der Waals surface area contributed by atoms with Gasteiger partial charge in [-0.25, -0.2) is 0 Å².